The summed E-state index contributed by atoms with van der Waals surface area (Å²) < 4.78 is 0. The molecule has 1 amide bonds. The Morgan fingerprint density at radius 2 is 1.86 bits per heavy atom. The molecule has 118 valence electrons. The largest absolute Gasteiger partial charge is 0.324 e. The van der Waals surface area contributed by atoms with Crippen LogP contribution < -0.4 is 11.1 Å². The molecule has 1 atom stereocenters. The van der Waals surface area contributed by atoms with E-state index in [0.29, 0.717) is 12.3 Å². The van der Waals surface area contributed by atoms with Gasteiger partial charge in [-0.05, 0) is 37.1 Å². The summed E-state index contributed by atoms with van der Waals surface area (Å²) in [4.78, 5) is 14.5. The van der Waals surface area contributed by atoms with Gasteiger partial charge in [-0.15, -0.1) is 0 Å². The molecule has 0 heterocycles. The van der Waals surface area contributed by atoms with Gasteiger partial charge in [0, 0.05) is 12.2 Å². The van der Waals surface area contributed by atoms with Crippen molar-refractivity contribution < 1.29 is 4.79 Å². The lowest BCUT2D eigenvalue weighted by molar-refractivity contribution is -0.117. The zero-order chi connectivity index (χ0) is 15.8. The number of anilines is 1. The molecule has 1 aromatic rings. The number of nitrogens with two attached hydrogens (primary N) is 1. The van der Waals surface area contributed by atoms with Crippen LogP contribution in [0.4, 0.5) is 5.69 Å². The van der Waals surface area contributed by atoms with E-state index in [1.807, 2.05) is 18.2 Å². The minimum atomic E-state index is -0.452. The quantitative estimate of drug-likeness (QED) is 0.774. The maximum atomic E-state index is 12.2. The Morgan fingerprint density at radius 3 is 2.43 bits per heavy atom. The average Bonchev–Trinajstić information content (AvgIpc) is 2.45. The fourth-order valence-corrected chi connectivity index (χ4v) is 2.31. The molecule has 0 aromatic heterocycles. The van der Waals surface area contributed by atoms with Crippen molar-refractivity contribution in [2.45, 2.75) is 46.7 Å². The first-order valence-corrected chi connectivity index (χ1v) is 7.84. The van der Waals surface area contributed by atoms with Crippen LogP contribution in [0.2, 0.25) is 0 Å². The zero-order valence-electron chi connectivity index (χ0n) is 13.7. The molecule has 0 radical (unpaired) electrons. The number of carbonyl (C=O) groups is 1. The van der Waals surface area contributed by atoms with Crippen LogP contribution in [0, 0.1) is 5.92 Å². The molecule has 21 heavy (non-hydrogen) atoms. The van der Waals surface area contributed by atoms with E-state index in [-0.39, 0.29) is 5.91 Å². The topological polar surface area (TPSA) is 58.4 Å². The van der Waals surface area contributed by atoms with Crippen LogP contribution in [0.25, 0.3) is 0 Å². The maximum Gasteiger partial charge on any atom is 0.241 e. The van der Waals surface area contributed by atoms with Crippen LogP contribution in [0.15, 0.2) is 24.3 Å². The van der Waals surface area contributed by atoms with Gasteiger partial charge < -0.3 is 11.1 Å². The van der Waals surface area contributed by atoms with Gasteiger partial charge in [0.15, 0.2) is 0 Å². The second-order valence-electron chi connectivity index (χ2n) is 5.84. The van der Waals surface area contributed by atoms with Gasteiger partial charge in [0.25, 0.3) is 0 Å². The van der Waals surface area contributed by atoms with Crippen LogP contribution in [0.3, 0.4) is 0 Å². The summed E-state index contributed by atoms with van der Waals surface area (Å²) in [5.41, 5.74) is 7.95. The number of benzene rings is 1. The first-order valence-electron chi connectivity index (χ1n) is 7.84. The van der Waals surface area contributed by atoms with Crippen LogP contribution in [-0.4, -0.2) is 29.9 Å². The molecule has 4 nitrogen and oxygen atoms in total. The van der Waals surface area contributed by atoms with Crippen molar-refractivity contribution in [1.29, 1.82) is 0 Å². The van der Waals surface area contributed by atoms with E-state index in [1.54, 1.807) is 0 Å². The van der Waals surface area contributed by atoms with E-state index in [1.165, 1.54) is 0 Å². The molecule has 3 N–H and O–H groups in total. The molecular weight excluding hydrogens is 262 g/mol. The molecule has 1 rings (SSSR count). The second-order valence-corrected chi connectivity index (χ2v) is 5.84. The van der Waals surface area contributed by atoms with Crippen molar-refractivity contribution in [2.75, 3.05) is 18.4 Å². The number of rotatable bonds is 8. The number of nitrogens with one attached hydrogen (secondary N) is 1. The zero-order valence-corrected chi connectivity index (χ0v) is 13.7. The predicted molar refractivity (Wildman–Crippen MR) is 89.1 cm³/mol. The SMILES string of the molecule is CCN(CC)Cc1ccccc1NC(=O)[C@H](N)CC(C)C. The van der Waals surface area contributed by atoms with E-state index >= 15 is 0 Å². The Balaban J connectivity index is 2.76. The van der Waals surface area contributed by atoms with Crippen LogP contribution in [-0.2, 0) is 11.3 Å². The highest BCUT2D eigenvalue weighted by Gasteiger charge is 2.16. The Bertz CT molecular complexity index is 441. The summed E-state index contributed by atoms with van der Waals surface area (Å²) in [6.07, 6.45) is 0.698. The molecule has 0 bridgehead atoms. The monoisotopic (exact) mass is 291 g/mol. The highest BCUT2D eigenvalue weighted by Crippen LogP contribution is 2.18. The van der Waals surface area contributed by atoms with Gasteiger partial charge in [-0.25, -0.2) is 0 Å². The number of carbonyl (C=O) groups excluding carboxylic acids is 1. The number of hydrogen-bond donors (Lipinski definition) is 2. The summed E-state index contributed by atoms with van der Waals surface area (Å²) in [5.74, 6) is 0.312. The van der Waals surface area contributed by atoms with Gasteiger partial charge in [-0.3, -0.25) is 9.69 Å². The van der Waals surface area contributed by atoms with Gasteiger partial charge in [-0.1, -0.05) is 45.9 Å². The van der Waals surface area contributed by atoms with Gasteiger partial charge in [0.2, 0.25) is 5.91 Å². The van der Waals surface area contributed by atoms with Crippen LogP contribution >= 0.6 is 0 Å². The lowest BCUT2D eigenvalue weighted by atomic mass is 10.0. The summed E-state index contributed by atoms with van der Waals surface area (Å²) in [7, 11) is 0. The first kappa shape index (κ1) is 17.7. The number of nitrogens with zero attached hydrogens (tertiary/aromatic N) is 1. The lowest BCUT2D eigenvalue weighted by Crippen LogP contribution is -2.37. The summed E-state index contributed by atoms with van der Waals surface area (Å²) >= 11 is 0. The van der Waals surface area contributed by atoms with Gasteiger partial charge in [0.05, 0.1) is 6.04 Å². The fraction of sp³-hybridized carbons (Fsp3) is 0.588. The van der Waals surface area contributed by atoms with Crippen molar-refractivity contribution in [3.05, 3.63) is 29.8 Å². The highest BCUT2D eigenvalue weighted by atomic mass is 16.2. The standard InChI is InChI=1S/C17H29N3O/c1-5-20(6-2)12-14-9-7-8-10-16(14)19-17(21)15(18)11-13(3)4/h7-10,13,15H,5-6,11-12,18H2,1-4H3,(H,19,21)/t15-/m1/s1. The van der Waals surface area contributed by atoms with E-state index in [4.69, 9.17) is 5.73 Å². The minimum absolute atomic E-state index is 0.101. The van der Waals surface area contributed by atoms with Crippen molar-refractivity contribution in [2.24, 2.45) is 11.7 Å². The molecule has 0 saturated heterocycles. The molecule has 0 aliphatic carbocycles. The molecule has 0 aliphatic heterocycles. The average molecular weight is 291 g/mol. The van der Waals surface area contributed by atoms with Gasteiger partial charge >= 0.3 is 0 Å². The highest BCUT2D eigenvalue weighted by molar-refractivity contribution is 5.95. The predicted octanol–water partition coefficient (Wildman–Crippen LogP) is 2.84. The van der Waals surface area contributed by atoms with E-state index < -0.39 is 6.04 Å². The molecule has 0 fully saturated rings. The third kappa shape index (κ3) is 5.86. The third-order valence-electron chi connectivity index (χ3n) is 3.63. The number of hydrogen-bond acceptors (Lipinski definition) is 3. The van der Waals surface area contributed by atoms with Crippen molar-refractivity contribution >= 4 is 11.6 Å². The fourth-order valence-electron chi connectivity index (χ4n) is 2.31. The van der Waals surface area contributed by atoms with E-state index in [2.05, 4.69) is 44.0 Å². The molecule has 1 aromatic carbocycles. The normalized spacial score (nSPS) is 12.7. The second kappa shape index (κ2) is 8.80. The van der Waals surface area contributed by atoms with Crippen molar-refractivity contribution in [3.8, 4) is 0 Å². The summed E-state index contributed by atoms with van der Waals surface area (Å²) in [6, 6.07) is 7.49. The number of para-hydroxylation sites is 1. The smallest absolute Gasteiger partial charge is 0.241 e. The van der Waals surface area contributed by atoms with Crippen molar-refractivity contribution in [3.63, 3.8) is 0 Å². The minimum Gasteiger partial charge on any atom is -0.324 e. The Hall–Kier alpha value is -1.39. The van der Waals surface area contributed by atoms with Crippen LogP contribution in [0.5, 0.6) is 0 Å². The first-order chi connectivity index (χ1) is 9.97. The number of amides is 1. The van der Waals surface area contributed by atoms with Crippen LogP contribution in [0.1, 0.15) is 39.7 Å². The molecule has 0 unspecified atom stereocenters. The summed E-state index contributed by atoms with van der Waals surface area (Å²) in [6.45, 7) is 11.2. The maximum absolute atomic E-state index is 12.2. The Morgan fingerprint density at radius 1 is 1.24 bits per heavy atom. The summed E-state index contributed by atoms with van der Waals surface area (Å²) in [5, 5.41) is 2.98. The third-order valence-corrected chi connectivity index (χ3v) is 3.63. The molecule has 4 heteroatoms. The van der Waals surface area contributed by atoms with Crippen molar-refractivity contribution in [1.82, 2.24) is 4.90 Å². The molecule has 0 aliphatic rings. The van der Waals surface area contributed by atoms with E-state index in [0.717, 1.165) is 30.9 Å². The lowest BCUT2D eigenvalue weighted by Gasteiger charge is -2.21. The Labute approximate surface area is 128 Å². The van der Waals surface area contributed by atoms with Gasteiger partial charge in [-0.2, -0.15) is 0 Å². The van der Waals surface area contributed by atoms with E-state index in [9.17, 15) is 4.79 Å². The van der Waals surface area contributed by atoms with Gasteiger partial charge in [0.1, 0.15) is 0 Å². The Kier molecular flexibility index (Phi) is 7.40. The molecule has 0 saturated carbocycles. The molecular formula is C17H29N3O. The molecule has 0 spiro atoms.